The van der Waals surface area contributed by atoms with E-state index in [-0.39, 0.29) is 7.43 Å². The number of halogens is 1. The van der Waals surface area contributed by atoms with Crippen LogP contribution in [-0.2, 0) is 4.79 Å². The van der Waals surface area contributed by atoms with E-state index in [0.29, 0.717) is 25.1 Å². The highest BCUT2D eigenvalue weighted by Gasteiger charge is 2.15. The van der Waals surface area contributed by atoms with Crippen molar-refractivity contribution in [3.05, 3.63) is 0 Å². The molecule has 11 heteroatoms. The number of hydrogen-bond acceptors (Lipinski definition) is 10. The third kappa shape index (κ3) is 35.0. The van der Waals surface area contributed by atoms with Crippen LogP contribution in [0.15, 0.2) is 0 Å². The smallest absolute Gasteiger partial charge is 0.106 e. The zero-order valence-corrected chi connectivity index (χ0v) is 20.2. The van der Waals surface area contributed by atoms with E-state index in [4.69, 9.17) is 43.6 Å². The van der Waals surface area contributed by atoms with Crippen LogP contribution in [0.3, 0.4) is 0 Å². The first-order valence-corrected chi connectivity index (χ1v) is 11.5. The molecule has 2 rings (SSSR count). The summed E-state index contributed by atoms with van der Waals surface area (Å²) in [6, 6.07) is 6.21. The van der Waals surface area contributed by atoms with E-state index in [2.05, 4.69) is 32.6 Å². The predicted octanol–water partition coefficient (Wildman–Crippen LogP) is 1.19. The molecule has 0 amide bonds. The molecule has 2 heterocycles. The Labute approximate surface area is 206 Å². The Morgan fingerprint density at radius 1 is 0.848 bits per heavy atom. The van der Waals surface area contributed by atoms with Crippen molar-refractivity contribution in [3.8, 4) is 18.2 Å². The van der Waals surface area contributed by atoms with Gasteiger partial charge in [-0.3, -0.25) is 9.80 Å². The van der Waals surface area contributed by atoms with Crippen molar-refractivity contribution in [1.82, 2.24) is 20.4 Å². The molecule has 0 aliphatic carbocycles. The summed E-state index contributed by atoms with van der Waals surface area (Å²) < 4.78 is 0. The molecule has 0 aromatic heterocycles. The summed E-state index contributed by atoms with van der Waals surface area (Å²) in [5.41, 5.74) is 10.1. The van der Waals surface area contributed by atoms with Gasteiger partial charge in [-0.15, -0.1) is 11.6 Å². The van der Waals surface area contributed by atoms with Crippen molar-refractivity contribution in [2.24, 2.45) is 11.5 Å². The van der Waals surface area contributed by atoms with Gasteiger partial charge in [0.15, 0.2) is 0 Å². The van der Waals surface area contributed by atoms with Gasteiger partial charge in [0.05, 0.1) is 24.9 Å². The number of carbonyl (C=O) groups is 1. The monoisotopic (exact) mass is 487 g/mol. The van der Waals surface area contributed by atoms with Crippen LogP contribution in [0.1, 0.15) is 46.0 Å². The molecule has 2 aliphatic heterocycles. The number of hydrogen-bond donors (Lipinski definition) is 4. The first-order chi connectivity index (χ1) is 15.7. The van der Waals surface area contributed by atoms with Crippen LogP contribution < -0.4 is 22.1 Å². The number of nitrogens with one attached hydrogen (secondary N) is 2. The molecular formula is C22H46ClN9O. The average Bonchev–Trinajstić information content (AvgIpc) is 2.86. The van der Waals surface area contributed by atoms with E-state index in [1.807, 2.05) is 12.9 Å². The Bertz CT molecular complexity index is 450. The number of nitrogens with two attached hydrogens (primary N) is 2. The highest BCUT2D eigenvalue weighted by Crippen LogP contribution is 2.06. The lowest BCUT2D eigenvalue weighted by Crippen LogP contribution is -2.45. The second-order valence-corrected chi connectivity index (χ2v) is 6.98. The van der Waals surface area contributed by atoms with Gasteiger partial charge in [0.25, 0.3) is 0 Å². The fourth-order valence-corrected chi connectivity index (χ4v) is 2.57. The Morgan fingerprint density at radius 2 is 1.30 bits per heavy atom. The highest BCUT2D eigenvalue weighted by molar-refractivity contribution is 6.17. The Hall–Kier alpha value is -1.81. The lowest BCUT2D eigenvalue weighted by molar-refractivity contribution is -0.0979. The third-order valence-corrected chi connectivity index (χ3v) is 4.19. The maximum Gasteiger partial charge on any atom is 0.106 e. The van der Waals surface area contributed by atoms with Gasteiger partial charge in [0.2, 0.25) is 0 Å². The summed E-state index contributed by atoms with van der Waals surface area (Å²) in [5.74, 6) is 0.455. The van der Waals surface area contributed by atoms with Crippen LogP contribution in [-0.4, -0.2) is 88.2 Å². The molecule has 0 radical (unpaired) electrons. The van der Waals surface area contributed by atoms with Crippen LogP contribution in [0.4, 0.5) is 0 Å². The first-order valence-electron chi connectivity index (χ1n) is 10.9. The molecule has 0 aromatic rings. The number of carbonyl (C=O) groups excluding carboxylic acids is 1. The van der Waals surface area contributed by atoms with Crippen LogP contribution in [0.2, 0.25) is 0 Å². The van der Waals surface area contributed by atoms with Crippen molar-refractivity contribution in [2.45, 2.75) is 46.0 Å². The van der Waals surface area contributed by atoms with Crippen LogP contribution in [0.5, 0.6) is 0 Å². The predicted molar refractivity (Wildman–Crippen MR) is 136 cm³/mol. The van der Waals surface area contributed by atoms with Gasteiger partial charge in [-0.25, -0.2) is 0 Å². The topological polar surface area (TPSA) is 171 Å². The van der Waals surface area contributed by atoms with Gasteiger partial charge in [-0.05, 0) is 45.4 Å². The summed E-state index contributed by atoms with van der Waals surface area (Å²) in [5, 5.41) is 31.0. The average molecular weight is 488 g/mol. The van der Waals surface area contributed by atoms with Crippen molar-refractivity contribution >= 4 is 18.4 Å². The van der Waals surface area contributed by atoms with Gasteiger partial charge < -0.3 is 26.9 Å². The first kappa shape index (κ1) is 38.5. The number of rotatable bonds is 7. The highest BCUT2D eigenvalue weighted by atomic mass is 35.5. The third-order valence-electron chi connectivity index (χ3n) is 4.00. The molecule has 2 aliphatic rings. The van der Waals surface area contributed by atoms with Crippen molar-refractivity contribution < 1.29 is 4.79 Å². The Balaban J connectivity index is -0.000000185. The minimum atomic E-state index is 0. The van der Waals surface area contributed by atoms with E-state index in [1.165, 1.54) is 19.5 Å². The maximum atomic E-state index is 8.47. The number of nitriles is 3. The number of alkyl halides is 1. The molecule has 0 atom stereocenters. The van der Waals surface area contributed by atoms with Crippen LogP contribution in [0, 0.1) is 34.0 Å². The second-order valence-electron chi connectivity index (χ2n) is 6.61. The van der Waals surface area contributed by atoms with Crippen molar-refractivity contribution in [1.29, 1.82) is 15.8 Å². The molecule has 0 spiro atoms. The minimum absolute atomic E-state index is 0. The molecule has 2 saturated heterocycles. The zero-order valence-electron chi connectivity index (χ0n) is 19.4. The molecule has 0 bridgehead atoms. The molecular weight excluding hydrogens is 442 g/mol. The molecule has 192 valence electrons. The van der Waals surface area contributed by atoms with E-state index in [1.54, 1.807) is 0 Å². The normalized spacial score (nSPS) is 14.7. The molecule has 0 saturated carbocycles. The van der Waals surface area contributed by atoms with Crippen molar-refractivity contribution in [2.75, 3.05) is 71.6 Å². The van der Waals surface area contributed by atoms with Crippen molar-refractivity contribution in [3.63, 3.8) is 0 Å². The van der Waals surface area contributed by atoms with Crippen LogP contribution >= 0.6 is 11.6 Å². The second kappa shape index (κ2) is 37.5. The molecule has 33 heavy (non-hydrogen) atoms. The molecule has 6 N–H and O–H groups in total. The van der Waals surface area contributed by atoms with E-state index < -0.39 is 0 Å². The summed E-state index contributed by atoms with van der Waals surface area (Å²) in [4.78, 5) is 12.6. The van der Waals surface area contributed by atoms with Gasteiger partial charge in [0, 0.05) is 58.0 Å². The molecule has 0 unspecified atom stereocenters. The standard InChI is InChI=1S/C10H16N4.C4H10N2.C3H4ClN.C3H10N2.CH2O.CH4/c11-4-1-6-13-8-3-9-14(10-13)7-2-5-12;1-2-5-4-6-3-1;2*4-2-1-3-5;1-2;/h1-3,6-10H2;5-6H,1-4H2;1-2H2;1-5H2;1H2;1H4. The van der Waals surface area contributed by atoms with Crippen LogP contribution in [0.25, 0.3) is 0 Å². The van der Waals surface area contributed by atoms with E-state index >= 15 is 0 Å². The van der Waals surface area contributed by atoms with Gasteiger partial charge in [-0.2, -0.15) is 15.8 Å². The summed E-state index contributed by atoms with van der Waals surface area (Å²) in [7, 11) is 0. The van der Waals surface area contributed by atoms with Gasteiger partial charge >= 0.3 is 0 Å². The lowest BCUT2D eigenvalue weighted by atomic mass is 10.2. The Kier molecular flexibility index (Phi) is 43.7. The van der Waals surface area contributed by atoms with E-state index in [9.17, 15) is 0 Å². The molecule has 2 fully saturated rings. The lowest BCUT2D eigenvalue weighted by Gasteiger charge is -2.34. The van der Waals surface area contributed by atoms with Gasteiger partial charge in [0.1, 0.15) is 6.79 Å². The van der Waals surface area contributed by atoms with Gasteiger partial charge in [-0.1, -0.05) is 7.43 Å². The quantitative estimate of drug-likeness (QED) is 0.382. The minimum Gasteiger partial charge on any atom is -0.330 e. The Morgan fingerprint density at radius 3 is 1.52 bits per heavy atom. The largest absolute Gasteiger partial charge is 0.330 e. The van der Waals surface area contributed by atoms with E-state index in [0.717, 1.165) is 65.4 Å². The molecule has 10 nitrogen and oxygen atoms in total. The number of nitrogens with zero attached hydrogens (tertiary/aromatic N) is 5. The summed E-state index contributed by atoms with van der Waals surface area (Å²) in [6.45, 7) is 11.6. The fourth-order valence-electron chi connectivity index (χ4n) is 2.49. The zero-order chi connectivity index (χ0) is 24.7. The summed E-state index contributed by atoms with van der Waals surface area (Å²) >= 11 is 5.08. The molecule has 0 aromatic carbocycles. The summed E-state index contributed by atoms with van der Waals surface area (Å²) in [6.07, 6.45) is 5.04. The maximum absolute atomic E-state index is 8.47. The fraction of sp³-hybridized carbons (Fsp3) is 0.818. The SMILES string of the molecule is C.C1CNCNC1.C=O.N#CCCCl.N#CCCN1CCCN(CCC#N)C1.NCCCN.